The number of carbonyl (C=O) groups excluding carboxylic acids is 1. The molecule has 116 valence electrons. The average molecular weight is 290 g/mol. The fourth-order valence-corrected chi connectivity index (χ4v) is 2.65. The van der Waals surface area contributed by atoms with Crippen LogP contribution in [0.1, 0.15) is 68.1 Å². The quantitative estimate of drug-likeness (QED) is 0.790. The van der Waals surface area contributed by atoms with Gasteiger partial charge in [0, 0.05) is 18.3 Å². The topological polar surface area (TPSA) is 66.9 Å². The van der Waals surface area contributed by atoms with Crippen LogP contribution in [0.5, 0.6) is 0 Å². The molecule has 1 saturated carbocycles. The van der Waals surface area contributed by atoms with Gasteiger partial charge in [0.2, 0.25) is 5.95 Å². The highest BCUT2D eigenvalue weighted by molar-refractivity contribution is 5.92. The van der Waals surface area contributed by atoms with Crippen LogP contribution in [0.3, 0.4) is 0 Å². The Balaban J connectivity index is 1.98. The predicted octanol–water partition coefficient (Wildman–Crippen LogP) is 3.06. The van der Waals surface area contributed by atoms with Crippen LogP contribution in [0.25, 0.3) is 0 Å². The molecule has 5 heteroatoms. The zero-order valence-corrected chi connectivity index (χ0v) is 13.1. The molecule has 0 spiro atoms. The van der Waals surface area contributed by atoms with E-state index in [9.17, 15) is 4.79 Å². The minimum absolute atomic E-state index is 0.0778. The van der Waals surface area contributed by atoms with Gasteiger partial charge in [-0.1, -0.05) is 32.6 Å². The zero-order chi connectivity index (χ0) is 15.1. The van der Waals surface area contributed by atoms with Gasteiger partial charge in [-0.25, -0.2) is 9.97 Å². The van der Waals surface area contributed by atoms with Crippen molar-refractivity contribution in [2.75, 3.05) is 11.9 Å². The van der Waals surface area contributed by atoms with Crippen molar-refractivity contribution in [3.05, 3.63) is 17.5 Å². The molecule has 1 amide bonds. The number of aromatic nitrogens is 2. The lowest BCUT2D eigenvalue weighted by atomic mass is 9.95. The summed E-state index contributed by atoms with van der Waals surface area (Å²) in [5.41, 5.74) is 1.28. The van der Waals surface area contributed by atoms with Gasteiger partial charge in [0.15, 0.2) is 0 Å². The highest BCUT2D eigenvalue weighted by atomic mass is 16.1. The molecule has 0 saturated heterocycles. The third kappa shape index (κ3) is 4.99. The number of hydrogen-bond donors (Lipinski definition) is 2. The SMILES string of the molecule is CCCCNc1nc(C)cc(C(=O)NC2CCCCC2)n1. The van der Waals surface area contributed by atoms with Crippen molar-refractivity contribution >= 4 is 11.9 Å². The van der Waals surface area contributed by atoms with Crippen LogP contribution in [0.4, 0.5) is 5.95 Å². The van der Waals surface area contributed by atoms with Gasteiger partial charge in [0.1, 0.15) is 5.69 Å². The minimum atomic E-state index is -0.0778. The highest BCUT2D eigenvalue weighted by Gasteiger charge is 2.18. The van der Waals surface area contributed by atoms with Crippen molar-refractivity contribution in [2.24, 2.45) is 0 Å². The van der Waals surface area contributed by atoms with Crippen LogP contribution in [0.15, 0.2) is 6.07 Å². The molecule has 0 aromatic carbocycles. The van der Waals surface area contributed by atoms with Crippen LogP contribution in [-0.2, 0) is 0 Å². The Morgan fingerprint density at radius 3 is 2.76 bits per heavy atom. The largest absolute Gasteiger partial charge is 0.354 e. The van der Waals surface area contributed by atoms with E-state index in [4.69, 9.17) is 0 Å². The molecular formula is C16H26N4O. The van der Waals surface area contributed by atoms with Gasteiger partial charge in [0.05, 0.1) is 0 Å². The van der Waals surface area contributed by atoms with Crippen molar-refractivity contribution in [3.63, 3.8) is 0 Å². The molecule has 1 heterocycles. The Bertz CT molecular complexity index is 469. The lowest BCUT2D eigenvalue weighted by Crippen LogP contribution is -2.36. The van der Waals surface area contributed by atoms with Gasteiger partial charge >= 0.3 is 0 Å². The fraction of sp³-hybridized carbons (Fsp3) is 0.688. The van der Waals surface area contributed by atoms with Gasteiger partial charge in [-0.05, 0) is 32.3 Å². The third-order valence-electron chi connectivity index (χ3n) is 3.84. The molecule has 0 bridgehead atoms. The molecule has 0 aliphatic heterocycles. The second-order valence-electron chi connectivity index (χ2n) is 5.81. The van der Waals surface area contributed by atoms with E-state index in [0.717, 1.165) is 37.9 Å². The molecule has 1 aromatic rings. The van der Waals surface area contributed by atoms with E-state index in [1.54, 1.807) is 6.07 Å². The lowest BCUT2D eigenvalue weighted by Gasteiger charge is -2.22. The molecule has 1 aliphatic carbocycles. The second kappa shape index (κ2) is 7.96. The molecule has 1 aromatic heterocycles. The molecule has 1 fully saturated rings. The number of hydrogen-bond acceptors (Lipinski definition) is 4. The highest BCUT2D eigenvalue weighted by Crippen LogP contribution is 2.18. The first kappa shape index (κ1) is 15.7. The van der Waals surface area contributed by atoms with E-state index < -0.39 is 0 Å². The maximum absolute atomic E-state index is 12.3. The number of rotatable bonds is 6. The number of nitrogens with one attached hydrogen (secondary N) is 2. The molecule has 1 aliphatic rings. The summed E-state index contributed by atoms with van der Waals surface area (Å²) in [4.78, 5) is 21.0. The molecule has 2 N–H and O–H groups in total. The number of aryl methyl sites for hydroxylation is 1. The molecule has 21 heavy (non-hydrogen) atoms. The van der Waals surface area contributed by atoms with E-state index in [1.165, 1.54) is 19.3 Å². The van der Waals surface area contributed by atoms with E-state index in [0.29, 0.717) is 17.7 Å². The summed E-state index contributed by atoms with van der Waals surface area (Å²) >= 11 is 0. The first-order valence-electron chi connectivity index (χ1n) is 8.09. The van der Waals surface area contributed by atoms with Crippen LogP contribution < -0.4 is 10.6 Å². The Labute approximate surface area is 127 Å². The summed E-state index contributed by atoms with van der Waals surface area (Å²) in [6.07, 6.45) is 8.04. The summed E-state index contributed by atoms with van der Waals surface area (Å²) in [6.45, 7) is 4.87. The summed E-state index contributed by atoms with van der Waals surface area (Å²) in [7, 11) is 0. The number of anilines is 1. The van der Waals surface area contributed by atoms with Crippen molar-refractivity contribution < 1.29 is 4.79 Å². The summed E-state index contributed by atoms with van der Waals surface area (Å²) in [6, 6.07) is 2.06. The van der Waals surface area contributed by atoms with Gasteiger partial charge in [-0.3, -0.25) is 4.79 Å². The van der Waals surface area contributed by atoms with Gasteiger partial charge in [-0.15, -0.1) is 0 Å². The second-order valence-corrected chi connectivity index (χ2v) is 5.81. The summed E-state index contributed by atoms with van der Waals surface area (Å²) in [5.74, 6) is 0.475. The van der Waals surface area contributed by atoms with E-state index in [1.807, 2.05) is 6.92 Å². The molecule has 0 unspecified atom stereocenters. The van der Waals surface area contributed by atoms with Crippen LogP contribution >= 0.6 is 0 Å². The van der Waals surface area contributed by atoms with Gasteiger partial charge in [0.25, 0.3) is 5.91 Å². The molecule has 0 atom stereocenters. The molecule has 2 rings (SSSR count). The average Bonchev–Trinajstić information content (AvgIpc) is 2.48. The maximum Gasteiger partial charge on any atom is 0.270 e. The van der Waals surface area contributed by atoms with Gasteiger partial charge in [-0.2, -0.15) is 0 Å². The number of carbonyl (C=O) groups is 1. The van der Waals surface area contributed by atoms with Crippen molar-refractivity contribution in [3.8, 4) is 0 Å². The normalized spacial score (nSPS) is 15.7. The van der Waals surface area contributed by atoms with Crippen molar-refractivity contribution in [1.29, 1.82) is 0 Å². The molecule has 0 radical (unpaired) electrons. The zero-order valence-electron chi connectivity index (χ0n) is 13.1. The number of amides is 1. The van der Waals surface area contributed by atoms with Crippen molar-refractivity contribution in [1.82, 2.24) is 15.3 Å². The van der Waals surface area contributed by atoms with Crippen LogP contribution in [0, 0.1) is 6.92 Å². The monoisotopic (exact) mass is 290 g/mol. The Hall–Kier alpha value is -1.65. The van der Waals surface area contributed by atoms with E-state index >= 15 is 0 Å². The maximum atomic E-state index is 12.3. The first-order chi connectivity index (χ1) is 10.2. The first-order valence-corrected chi connectivity index (χ1v) is 8.09. The molecule has 5 nitrogen and oxygen atoms in total. The molecular weight excluding hydrogens is 264 g/mol. The van der Waals surface area contributed by atoms with Crippen molar-refractivity contribution in [2.45, 2.75) is 64.8 Å². The standard InChI is InChI=1S/C16H26N4O/c1-3-4-10-17-16-18-12(2)11-14(20-16)15(21)19-13-8-6-5-7-9-13/h11,13H,3-10H2,1-2H3,(H,19,21)(H,17,18,20). The Morgan fingerprint density at radius 1 is 1.29 bits per heavy atom. The van der Waals surface area contributed by atoms with E-state index in [2.05, 4.69) is 27.5 Å². The van der Waals surface area contributed by atoms with Crippen LogP contribution in [-0.4, -0.2) is 28.5 Å². The van der Waals surface area contributed by atoms with E-state index in [-0.39, 0.29) is 5.91 Å². The minimum Gasteiger partial charge on any atom is -0.354 e. The van der Waals surface area contributed by atoms with Gasteiger partial charge < -0.3 is 10.6 Å². The summed E-state index contributed by atoms with van der Waals surface area (Å²) < 4.78 is 0. The Morgan fingerprint density at radius 2 is 2.05 bits per heavy atom. The predicted molar refractivity (Wildman–Crippen MR) is 84.5 cm³/mol. The number of nitrogens with zero attached hydrogens (tertiary/aromatic N) is 2. The smallest absolute Gasteiger partial charge is 0.270 e. The lowest BCUT2D eigenvalue weighted by molar-refractivity contribution is 0.0922. The number of unbranched alkanes of at least 4 members (excludes halogenated alkanes) is 1. The fourth-order valence-electron chi connectivity index (χ4n) is 2.65. The summed E-state index contributed by atoms with van der Waals surface area (Å²) in [5, 5.41) is 6.28. The van der Waals surface area contributed by atoms with Crippen LogP contribution in [0.2, 0.25) is 0 Å². The Kier molecular flexibility index (Phi) is 5.96. The third-order valence-corrected chi connectivity index (χ3v) is 3.84.